The molecule has 21 heavy (non-hydrogen) atoms. The van der Waals surface area contributed by atoms with Crippen LogP contribution in [0.3, 0.4) is 0 Å². The minimum Gasteiger partial charge on any atom is -0.380 e. The molecule has 1 aromatic rings. The molecule has 1 fully saturated rings. The Hall–Kier alpha value is -0.900. The molecule has 1 saturated carbocycles. The third kappa shape index (κ3) is 4.80. The van der Waals surface area contributed by atoms with E-state index in [9.17, 15) is 0 Å². The van der Waals surface area contributed by atoms with Gasteiger partial charge in [0, 0.05) is 26.2 Å². The SMILES string of the molecule is COCc1cccc(C(CN)N(C)CC2CCCCC2)c1. The van der Waals surface area contributed by atoms with Gasteiger partial charge in [0.2, 0.25) is 0 Å². The van der Waals surface area contributed by atoms with Crippen molar-refractivity contribution in [1.82, 2.24) is 4.90 Å². The lowest BCUT2D eigenvalue weighted by molar-refractivity contribution is 0.181. The van der Waals surface area contributed by atoms with Crippen LogP contribution < -0.4 is 5.73 Å². The fourth-order valence-electron chi connectivity index (χ4n) is 3.53. The van der Waals surface area contributed by atoms with E-state index < -0.39 is 0 Å². The summed E-state index contributed by atoms with van der Waals surface area (Å²) in [7, 11) is 3.96. The quantitative estimate of drug-likeness (QED) is 0.837. The maximum atomic E-state index is 6.06. The number of likely N-dealkylation sites (N-methyl/N-ethyl adjacent to an activating group) is 1. The summed E-state index contributed by atoms with van der Waals surface area (Å²) in [5, 5.41) is 0. The molecule has 0 saturated heterocycles. The molecule has 2 N–H and O–H groups in total. The van der Waals surface area contributed by atoms with E-state index in [2.05, 4.69) is 36.2 Å². The number of hydrogen-bond donors (Lipinski definition) is 1. The Labute approximate surface area is 129 Å². The molecular formula is C18H30N2O. The van der Waals surface area contributed by atoms with E-state index in [-0.39, 0.29) is 0 Å². The first-order valence-electron chi connectivity index (χ1n) is 8.22. The first-order valence-corrected chi connectivity index (χ1v) is 8.22. The van der Waals surface area contributed by atoms with Crippen LogP contribution >= 0.6 is 0 Å². The predicted molar refractivity (Wildman–Crippen MR) is 88.2 cm³/mol. The zero-order valence-corrected chi connectivity index (χ0v) is 13.6. The summed E-state index contributed by atoms with van der Waals surface area (Å²) < 4.78 is 5.23. The van der Waals surface area contributed by atoms with Crippen molar-refractivity contribution in [3.05, 3.63) is 35.4 Å². The molecule has 0 amide bonds. The Morgan fingerprint density at radius 3 is 2.71 bits per heavy atom. The number of ether oxygens (including phenoxy) is 1. The molecular weight excluding hydrogens is 260 g/mol. The molecule has 1 aliphatic carbocycles. The van der Waals surface area contributed by atoms with Gasteiger partial charge in [-0.3, -0.25) is 4.90 Å². The summed E-state index contributed by atoms with van der Waals surface area (Å²) in [6.45, 7) is 2.49. The van der Waals surface area contributed by atoms with Gasteiger partial charge in [0.15, 0.2) is 0 Å². The maximum Gasteiger partial charge on any atom is 0.0713 e. The van der Waals surface area contributed by atoms with Crippen LogP contribution in [0.5, 0.6) is 0 Å². The van der Waals surface area contributed by atoms with Gasteiger partial charge >= 0.3 is 0 Å². The standard InChI is InChI=1S/C18H30N2O/c1-20(13-15-7-4-3-5-8-15)18(12-19)17-10-6-9-16(11-17)14-21-2/h6,9-11,15,18H,3-5,7-8,12-14,19H2,1-2H3. The average molecular weight is 290 g/mol. The molecule has 1 atom stereocenters. The van der Waals surface area contributed by atoms with E-state index in [4.69, 9.17) is 10.5 Å². The number of nitrogens with two attached hydrogens (primary N) is 1. The second kappa shape index (κ2) is 8.52. The lowest BCUT2D eigenvalue weighted by Gasteiger charge is -2.32. The summed E-state index contributed by atoms with van der Waals surface area (Å²) in [6.07, 6.45) is 6.97. The Morgan fingerprint density at radius 1 is 1.29 bits per heavy atom. The molecule has 0 aromatic heterocycles. The summed E-state index contributed by atoms with van der Waals surface area (Å²) in [4.78, 5) is 2.45. The molecule has 0 heterocycles. The zero-order chi connectivity index (χ0) is 15.1. The highest BCUT2D eigenvalue weighted by atomic mass is 16.5. The van der Waals surface area contributed by atoms with Crippen LogP contribution in [0, 0.1) is 5.92 Å². The molecule has 0 bridgehead atoms. The van der Waals surface area contributed by atoms with Gasteiger partial charge in [0.05, 0.1) is 6.61 Å². The van der Waals surface area contributed by atoms with E-state index in [0.717, 1.165) is 12.5 Å². The third-order valence-electron chi connectivity index (χ3n) is 4.67. The Bertz CT molecular complexity index is 415. The van der Waals surface area contributed by atoms with Gasteiger partial charge in [-0.2, -0.15) is 0 Å². The van der Waals surface area contributed by atoms with Gasteiger partial charge in [-0.15, -0.1) is 0 Å². The largest absolute Gasteiger partial charge is 0.380 e. The molecule has 0 radical (unpaired) electrons. The fraction of sp³-hybridized carbons (Fsp3) is 0.667. The first-order chi connectivity index (χ1) is 10.2. The van der Waals surface area contributed by atoms with Crippen molar-refractivity contribution in [3.63, 3.8) is 0 Å². The average Bonchev–Trinajstić information content (AvgIpc) is 2.50. The van der Waals surface area contributed by atoms with Crippen molar-refractivity contribution < 1.29 is 4.74 Å². The molecule has 2 rings (SSSR count). The molecule has 1 unspecified atom stereocenters. The zero-order valence-electron chi connectivity index (χ0n) is 13.6. The monoisotopic (exact) mass is 290 g/mol. The van der Waals surface area contributed by atoms with Gasteiger partial charge in [-0.05, 0) is 36.9 Å². The van der Waals surface area contributed by atoms with Crippen molar-refractivity contribution in [1.29, 1.82) is 0 Å². The topological polar surface area (TPSA) is 38.5 Å². The molecule has 0 aliphatic heterocycles. The van der Waals surface area contributed by atoms with Gasteiger partial charge in [0.25, 0.3) is 0 Å². The van der Waals surface area contributed by atoms with Crippen molar-refractivity contribution in [3.8, 4) is 0 Å². The molecule has 3 nitrogen and oxygen atoms in total. The minimum atomic E-state index is 0.309. The normalized spacial score (nSPS) is 18.1. The summed E-state index contributed by atoms with van der Waals surface area (Å²) in [5.74, 6) is 0.847. The first kappa shape index (κ1) is 16.5. The Morgan fingerprint density at radius 2 is 2.05 bits per heavy atom. The molecule has 118 valence electrons. The lowest BCUT2D eigenvalue weighted by Crippen LogP contribution is -2.35. The van der Waals surface area contributed by atoms with Crippen molar-refractivity contribution in [2.45, 2.75) is 44.8 Å². The third-order valence-corrected chi connectivity index (χ3v) is 4.67. The molecule has 1 aliphatic rings. The van der Waals surface area contributed by atoms with Crippen LogP contribution in [-0.4, -0.2) is 32.1 Å². The highest BCUT2D eigenvalue weighted by molar-refractivity contribution is 5.26. The van der Waals surface area contributed by atoms with Crippen LogP contribution in [0.2, 0.25) is 0 Å². The van der Waals surface area contributed by atoms with Gasteiger partial charge in [-0.25, -0.2) is 0 Å². The number of nitrogens with zero attached hydrogens (tertiary/aromatic N) is 1. The van der Waals surface area contributed by atoms with E-state index in [1.54, 1.807) is 7.11 Å². The van der Waals surface area contributed by atoms with Gasteiger partial charge < -0.3 is 10.5 Å². The maximum absolute atomic E-state index is 6.06. The van der Waals surface area contributed by atoms with Crippen LogP contribution in [-0.2, 0) is 11.3 Å². The fourth-order valence-corrected chi connectivity index (χ4v) is 3.53. The van der Waals surface area contributed by atoms with Gasteiger partial charge in [-0.1, -0.05) is 43.5 Å². The highest BCUT2D eigenvalue weighted by Gasteiger charge is 2.21. The second-order valence-corrected chi connectivity index (χ2v) is 6.37. The molecule has 3 heteroatoms. The van der Waals surface area contributed by atoms with Crippen LogP contribution in [0.1, 0.15) is 49.3 Å². The van der Waals surface area contributed by atoms with Crippen LogP contribution in [0.4, 0.5) is 0 Å². The summed E-state index contributed by atoms with van der Waals surface area (Å²) >= 11 is 0. The number of rotatable bonds is 7. The number of methoxy groups -OCH3 is 1. The van der Waals surface area contributed by atoms with E-state index >= 15 is 0 Å². The van der Waals surface area contributed by atoms with Crippen molar-refractivity contribution in [2.24, 2.45) is 11.7 Å². The summed E-state index contributed by atoms with van der Waals surface area (Å²) in [6, 6.07) is 8.96. The highest BCUT2D eigenvalue weighted by Crippen LogP contribution is 2.27. The van der Waals surface area contributed by atoms with Crippen molar-refractivity contribution >= 4 is 0 Å². The predicted octanol–water partition coefficient (Wildman–Crippen LogP) is 3.34. The second-order valence-electron chi connectivity index (χ2n) is 6.37. The van der Waals surface area contributed by atoms with Gasteiger partial charge in [0.1, 0.15) is 0 Å². The van der Waals surface area contributed by atoms with E-state index in [1.807, 2.05) is 0 Å². The Kier molecular flexibility index (Phi) is 6.68. The van der Waals surface area contributed by atoms with E-state index in [1.165, 1.54) is 43.2 Å². The number of benzene rings is 1. The van der Waals surface area contributed by atoms with Crippen LogP contribution in [0.25, 0.3) is 0 Å². The van der Waals surface area contributed by atoms with Crippen molar-refractivity contribution in [2.75, 3.05) is 27.2 Å². The molecule has 0 spiro atoms. The molecule has 1 aromatic carbocycles. The smallest absolute Gasteiger partial charge is 0.0713 e. The number of hydrogen-bond acceptors (Lipinski definition) is 3. The lowest BCUT2D eigenvalue weighted by atomic mass is 9.88. The van der Waals surface area contributed by atoms with Crippen LogP contribution in [0.15, 0.2) is 24.3 Å². The Balaban J connectivity index is 2.01. The minimum absolute atomic E-state index is 0.309. The summed E-state index contributed by atoms with van der Waals surface area (Å²) in [5.41, 5.74) is 8.59. The van der Waals surface area contributed by atoms with E-state index in [0.29, 0.717) is 19.2 Å².